The predicted molar refractivity (Wildman–Crippen MR) is 60.0 cm³/mol. The van der Waals surface area contributed by atoms with Gasteiger partial charge in [-0.1, -0.05) is 48.1 Å². The van der Waals surface area contributed by atoms with E-state index in [1.807, 2.05) is 0 Å². The fourth-order valence-corrected chi connectivity index (χ4v) is 2.65. The molecule has 0 saturated heterocycles. The van der Waals surface area contributed by atoms with Gasteiger partial charge in [-0.2, -0.15) is 0 Å². The molecule has 1 saturated carbocycles. The lowest BCUT2D eigenvalue weighted by atomic mass is 10.0. The van der Waals surface area contributed by atoms with E-state index in [1.54, 1.807) is 5.57 Å². The molecule has 14 heavy (non-hydrogen) atoms. The quantitative estimate of drug-likeness (QED) is 0.575. The van der Waals surface area contributed by atoms with Crippen LogP contribution in [0.25, 0.3) is 11.6 Å². The highest BCUT2D eigenvalue weighted by molar-refractivity contribution is 5.57. The van der Waals surface area contributed by atoms with E-state index in [2.05, 4.69) is 42.5 Å². The Morgan fingerprint density at radius 1 is 1.14 bits per heavy atom. The van der Waals surface area contributed by atoms with E-state index in [9.17, 15) is 0 Å². The van der Waals surface area contributed by atoms with Crippen molar-refractivity contribution in [2.45, 2.75) is 19.3 Å². The van der Waals surface area contributed by atoms with Gasteiger partial charge in [0.15, 0.2) is 0 Å². The minimum absolute atomic E-state index is 0.717. The number of hydrogen-bond donors (Lipinski definition) is 0. The van der Waals surface area contributed by atoms with Crippen molar-refractivity contribution in [3.05, 3.63) is 46.9 Å². The largest absolute Gasteiger partial charge is 0.0773 e. The van der Waals surface area contributed by atoms with Gasteiger partial charge in [0.1, 0.15) is 0 Å². The molecule has 1 aromatic rings. The Morgan fingerprint density at radius 3 is 3.07 bits per heavy atom. The molecule has 0 nitrogen and oxygen atoms in total. The SMILES string of the molecule is C1=CC2CCCC2=c2ccccc2=C1. The van der Waals surface area contributed by atoms with Crippen LogP contribution in [-0.4, -0.2) is 0 Å². The third kappa shape index (κ3) is 1.14. The second-order valence-electron chi connectivity index (χ2n) is 4.16. The molecule has 1 atom stereocenters. The van der Waals surface area contributed by atoms with Crippen LogP contribution >= 0.6 is 0 Å². The lowest BCUT2D eigenvalue weighted by molar-refractivity contribution is 0.781. The normalized spacial score (nSPS) is 23.7. The highest BCUT2D eigenvalue weighted by atomic mass is 14.2. The number of fused-ring (bicyclic) bond motifs is 2. The molecule has 0 spiro atoms. The molecule has 0 heteroatoms. The van der Waals surface area contributed by atoms with Crippen molar-refractivity contribution < 1.29 is 0 Å². The molecule has 1 unspecified atom stereocenters. The van der Waals surface area contributed by atoms with Gasteiger partial charge in [-0.25, -0.2) is 0 Å². The standard InChI is InChI=1S/C14H14/c1-2-9-13-11(5-1)6-3-7-12-8-4-10-14(12)13/h1-3,5-7,9,12H,4,8,10H2. The summed E-state index contributed by atoms with van der Waals surface area (Å²) in [5, 5.41) is 2.88. The number of rotatable bonds is 0. The van der Waals surface area contributed by atoms with E-state index in [1.165, 1.54) is 29.7 Å². The molecular formula is C14H14. The molecule has 1 aromatic carbocycles. The van der Waals surface area contributed by atoms with Gasteiger partial charge in [0.05, 0.1) is 0 Å². The minimum Gasteiger partial charge on any atom is -0.0773 e. The molecule has 2 aliphatic rings. The summed E-state index contributed by atoms with van der Waals surface area (Å²) in [6.45, 7) is 0. The summed E-state index contributed by atoms with van der Waals surface area (Å²) in [6.07, 6.45) is 10.8. The van der Waals surface area contributed by atoms with Crippen LogP contribution in [0.15, 0.2) is 36.4 Å². The lowest BCUT2D eigenvalue weighted by Crippen LogP contribution is -2.26. The Bertz CT molecular complexity index is 491. The van der Waals surface area contributed by atoms with Gasteiger partial charge >= 0.3 is 0 Å². The maximum Gasteiger partial charge on any atom is -0.00108 e. The zero-order valence-electron chi connectivity index (χ0n) is 8.24. The molecule has 1 fully saturated rings. The van der Waals surface area contributed by atoms with E-state index < -0.39 is 0 Å². The Morgan fingerprint density at radius 2 is 2.07 bits per heavy atom. The number of benzene rings is 1. The van der Waals surface area contributed by atoms with Gasteiger partial charge in [-0.05, 0) is 35.6 Å². The van der Waals surface area contributed by atoms with Crippen molar-refractivity contribution in [3.63, 3.8) is 0 Å². The summed E-state index contributed by atoms with van der Waals surface area (Å²) < 4.78 is 0. The van der Waals surface area contributed by atoms with E-state index >= 15 is 0 Å². The van der Waals surface area contributed by atoms with Crippen LogP contribution in [0.4, 0.5) is 0 Å². The molecule has 0 N–H and O–H groups in total. The van der Waals surface area contributed by atoms with Gasteiger partial charge in [-0.15, -0.1) is 0 Å². The molecular weight excluding hydrogens is 168 g/mol. The van der Waals surface area contributed by atoms with Crippen molar-refractivity contribution >= 4 is 11.6 Å². The highest BCUT2D eigenvalue weighted by Gasteiger charge is 2.19. The second-order valence-corrected chi connectivity index (χ2v) is 4.16. The second kappa shape index (κ2) is 3.13. The molecule has 0 amide bonds. The van der Waals surface area contributed by atoms with Crippen LogP contribution < -0.4 is 10.4 Å². The van der Waals surface area contributed by atoms with Crippen LogP contribution in [-0.2, 0) is 0 Å². The number of hydrogen-bond acceptors (Lipinski definition) is 0. The van der Waals surface area contributed by atoms with Crippen molar-refractivity contribution in [3.8, 4) is 0 Å². The van der Waals surface area contributed by atoms with Crippen molar-refractivity contribution in [1.29, 1.82) is 0 Å². The Balaban J connectivity index is 2.40. The van der Waals surface area contributed by atoms with Crippen LogP contribution in [0.3, 0.4) is 0 Å². The third-order valence-electron chi connectivity index (χ3n) is 3.33. The maximum atomic E-state index is 2.36. The molecule has 0 aliphatic heterocycles. The van der Waals surface area contributed by atoms with Gasteiger partial charge in [-0.3, -0.25) is 0 Å². The lowest BCUT2D eigenvalue weighted by Gasteiger charge is -2.04. The van der Waals surface area contributed by atoms with Crippen molar-refractivity contribution in [2.24, 2.45) is 5.92 Å². The molecule has 0 aromatic heterocycles. The molecule has 0 radical (unpaired) electrons. The topological polar surface area (TPSA) is 0 Å². The summed E-state index contributed by atoms with van der Waals surface area (Å²) in [5.41, 5.74) is 1.66. The first kappa shape index (κ1) is 8.05. The highest BCUT2D eigenvalue weighted by Crippen LogP contribution is 2.32. The summed E-state index contributed by atoms with van der Waals surface area (Å²) in [4.78, 5) is 0. The average molecular weight is 182 g/mol. The molecule has 0 heterocycles. The van der Waals surface area contributed by atoms with Gasteiger partial charge in [0, 0.05) is 0 Å². The first-order valence-corrected chi connectivity index (χ1v) is 5.42. The van der Waals surface area contributed by atoms with Gasteiger partial charge in [0.25, 0.3) is 0 Å². The fourth-order valence-electron chi connectivity index (χ4n) is 2.65. The van der Waals surface area contributed by atoms with E-state index in [-0.39, 0.29) is 0 Å². The van der Waals surface area contributed by atoms with Gasteiger partial charge < -0.3 is 0 Å². The van der Waals surface area contributed by atoms with E-state index in [0.717, 1.165) is 5.92 Å². The molecule has 3 rings (SSSR count). The van der Waals surface area contributed by atoms with Crippen LogP contribution in [0.1, 0.15) is 19.3 Å². The zero-order chi connectivity index (χ0) is 9.38. The van der Waals surface area contributed by atoms with Crippen LogP contribution in [0.5, 0.6) is 0 Å². The first-order valence-electron chi connectivity index (χ1n) is 5.42. The summed E-state index contributed by atoms with van der Waals surface area (Å²) >= 11 is 0. The van der Waals surface area contributed by atoms with E-state index in [4.69, 9.17) is 0 Å². The minimum atomic E-state index is 0.717. The molecule has 70 valence electrons. The Labute approximate surface area is 84.3 Å². The maximum absolute atomic E-state index is 2.36. The monoisotopic (exact) mass is 182 g/mol. The summed E-state index contributed by atoms with van der Waals surface area (Å²) in [6, 6.07) is 8.76. The van der Waals surface area contributed by atoms with Crippen molar-refractivity contribution in [1.82, 2.24) is 0 Å². The van der Waals surface area contributed by atoms with Crippen LogP contribution in [0, 0.1) is 5.92 Å². The first-order chi connectivity index (χ1) is 6.95. The fraction of sp³-hybridized carbons (Fsp3) is 0.286. The Hall–Kier alpha value is -1.30. The summed E-state index contributed by atoms with van der Waals surface area (Å²) in [7, 11) is 0. The zero-order valence-corrected chi connectivity index (χ0v) is 8.24. The smallest absolute Gasteiger partial charge is 0.00108 e. The van der Waals surface area contributed by atoms with Crippen LogP contribution in [0.2, 0.25) is 0 Å². The van der Waals surface area contributed by atoms with Crippen molar-refractivity contribution in [2.75, 3.05) is 0 Å². The average Bonchev–Trinajstić information content (AvgIpc) is 2.61. The predicted octanol–water partition coefficient (Wildman–Crippen LogP) is 1.99. The summed E-state index contributed by atoms with van der Waals surface area (Å²) in [5.74, 6) is 0.717. The van der Waals surface area contributed by atoms with Gasteiger partial charge in [0.2, 0.25) is 0 Å². The molecule has 0 bridgehead atoms. The number of allylic oxidation sites excluding steroid dienone is 2. The Kier molecular flexibility index (Phi) is 1.80. The molecule has 2 aliphatic carbocycles. The third-order valence-corrected chi connectivity index (χ3v) is 3.33. The van der Waals surface area contributed by atoms with E-state index in [0.29, 0.717) is 0 Å².